The lowest BCUT2D eigenvalue weighted by Gasteiger charge is -2.13. The van der Waals surface area contributed by atoms with Crippen LogP contribution in [0.25, 0.3) is 11.1 Å². The first-order valence-electron chi connectivity index (χ1n) is 8.02. The fourth-order valence-electron chi connectivity index (χ4n) is 2.26. The summed E-state index contributed by atoms with van der Waals surface area (Å²) in [5.74, 6) is 0.336. The number of hydrazone groups is 1. The normalized spacial score (nSPS) is 12.1. The van der Waals surface area contributed by atoms with E-state index in [9.17, 15) is 4.79 Å². The summed E-state index contributed by atoms with van der Waals surface area (Å²) in [6.07, 6.45) is 0.958. The number of rotatable bonds is 6. The molecule has 0 saturated heterocycles. The highest BCUT2D eigenvalue weighted by molar-refractivity contribution is 9.11. The number of halogens is 1. The zero-order valence-electron chi connectivity index (χ0n) is 14.1. The number of nitrogens with zero attached hydrogens (tertiary/aromatic N) is 1. The molecule has 0 bridgehead atoms. The highest BCUT2D eigenvalue weighted by Crippen LogP contribution is 2.23. The molecule has 26 heavy (non-hydrogen) atoms. The molecule has 0 aliphatic carbocycles. The number of hydrogen-bond acceptors (Lipinski definition) is 4. The highest BCUT2D eigenvalue weighted by atomic mass is 79.9. The molecular weight excluding hydrogens is 412 g/mol. The van der Waals surface area contributed by atoms with Gasteiger partial charge in [-0.05, 0) is 58.2 Å². The van der Waals surface area contributed by atoms with Crippen LogP contribution in [0.1, 0.15) is 11.8 Å². The highest BCUT2D eigenvalue weighted by Gasteiger charge is 2.14. The summed E-state index contributed by atoms with van der Waals surface area (Å²) in [4.78, 5) is 13.0. The second-order valence-corrected chi connectivity index (χ2v) is 8.02. The Balaban J connectivity index is 1.54. The van der Waals surface area contributed by atoms with E-state index in [2.05, 4.69) is 38.6 Å². The van der Waals surface area contributed by atoms with Crippen molar-refractivity contribution in [1.29, 1.82) is 0 Å². The fourth-order valence-corrected chi connectivity index (χ4v) is 3.56. The van der Waals surface area contributed by atoms with Gasteiger partial charge >= 0.3 is 0 Å². The fraction of sp³-hybridized carbons (Fsp3) is 0.100. The number of nitrogens with one attached hydrogen (secondary N) is 1. The van der Waals surface area contributed by atoms with Gasteiger partial charge in [-0.25, -0.2) is 5.43 Å². The van der Waals surface area contributed by atoms with Gasteiger partial charge in [0.05, 0.1) is 10.0 Å². The van der Waals surface area contributed by atoms with Crippen LogP contribution in [0.3, 0.4) is 0 Å². The molecule has 1 heterocycles. The van der Waals surface area contributed by atoms with Crippen molar-refractivity contribution < 1.29 is 9.53 Å². The van der Waals surface area contributed by atoms with Gasteiger partial charge in [0, 0.05) is 4.88 Å². The molecule has 0 unspecified atom stereocenters. The molecular formula is C20H17BrN2O2S. The third-order valence-corrected chi connectivity index (χ3v) is 5.16. The number of thiophene rings is 1. The van der Waals surface area contributed by atoms with E-state index in [0.29, 0.717) is 5.75 Å². The molecule has 0 radical (unpaired) electrons. The van der Waals surface area contributed by atoms with E-state index in [1.807, 2.05) is 54.6 Å². The SMILES string of the molecule is C[C@@H](Oc1ccc(-c2ccccc2)cc1)C(=O)NN=Cc1ccc(Br)s1. The molecule has 0 saturated carbocycles. The predicted octanol–water partition coefficient (Wildman–Crippen LogP) is 5.10. The maximum Gasteiger partial charge on any atom is 0.280 e. The van der Waals surface area contributed by atoms with Crippen molar-refractivity contribution in [2.45, 2.75) is 13.0 Å². The zero-order chi connectivity index (χ0) is 18.4. The summed E-state index contributed by atoms with van der Waals surface area (Å²) in [5.41, 5.74) is 4.73. The molecule has 132 valence electrons. The Bertz CT molecular complexity index is 892. The van der Waals surface area contributed by atoms with Gasteiger partial charge in [-0.15, -0.1) is 11.3 Å². The topological polar surface area (TPSA) is 50.7 Å². The van der Waals surface area contributed by atoms with Crippen LogP contribution in [-0.4, -0.2) is 18.2 Å². The number of ether oxygens (including phenoxy) is 1. The lowest BCUT2D eigenvalue weighted by Crippen LogP contribution is -2.33. The van der Waals surface area contributed by atoms with Crippen molar-refractivity contribution in [3.05, 3.63) is 75.4 Å². The summed E-state index contributed by atoms with van der Waals surface area (Å²) in [6.45, 7) is 1.69. The number of hydrogen-bond donors (Lipinski definition) is 1. The van der Waals surface area contributed by atoms with Crippen LogP contribution in [0.4, 0.5) is 0 Å². The average molecular weight is 429 g/mol. The largest absolute Gasteiger partial charge is 0.481 e. The lowest BCUT2D eigenvalue weighted by molar-refractivity contribution is -0.127. The minimum Gasteiger partial charge on any atom is -0.481 e. The van der Waals surface area contributed by atoms with Gasteiger partial charge in [0.2, 0.25) is 0 Å². The van der Waals surface area contributed by atoms with E-state index in [4.69, 9.17) is 4.74 Å². The van der Waals surface area contributed by atoms with Crippen LogP contribution in [-0.2, 0) is 4.79 Å². The maximum absolute atomic E-state index is 12.1. The molecule has 1 atom stereocenters. The maximum atomic E-state index is 12.1. The van der Waals surface area contributed by atoms with Crippen molar-refractivity contribution in [2.24, 2.45) is 5.10 Å². The lowest BCUT2D eigenvalue weighted by atomic mass is 10.1. The molecule has 0 fully saturated rings. The Labute approximate surface area is 164 Å². The van der Waals surface area contributed by atoms with Gasteiger partial charge in [0.25, 0.3) is 5.91 Å². The van der Waals surface area contributed by atoms with E-state index >= 15 is 0 Å². The minimum absolute atomic E-state index is 0.302. The molecule has 1 amide bonds. The smallest absolute Gasteiger partial charge is 0.280 e. The van der Waals surface area contributed by atoms with Gasteiger partial charge in [-0.2, -0.15) is 5.10 Å². The quantitative estimate of drug-likeness (QED) is 0.438. The van der Waals surface area contributed by atoms with Crippen molar-refractivity contribution in [3.8, 4) is 16.9 Å². The summed E-state index contributed by atoms with van der Waals surface area (Å²) in [5, 5.41) is 3.96. The van der Waals surface area contributed by atoms with Crippen LogP contribution in [0.5, 0.6) is 5.75 Å². The van der Waals surface area contributed by atoms with Crippen molar-refractivity contribution in [2.75, 3.05) is 0 Å². The molecule has 3 aromatic rings. The Morgan fingerprint density at radius 3 is 2.42 bits per heavy atom. The van der Waals surface area contributed by atoms with Gasteiger partial charge in [-0.3, -0.25) is 4.79 Å². The van der Waals surface area contributed by atoms with Crippen LogP contribution in [0.2, 0.25) is 0 Å². The number of carbonyl (C=O) groups excluding carboxylic acids is 1. The Hall–Kier alpha value is -2.44. The third-order valence-electron chi connectivity index (χ3n) is 3.60. The predicted molar refractivity (Wildman–Crippen MR) is 110 cm³/mol. The van der Waals surface area contributed by atoms with E-state index in [1.54, 1.807) is 13.1 Å². The van der Waals surface area contributed by atoms with Gasteiger partial charge in [0.1, 0.15) is 5.75 Å². The number of amides is 1. The first-order valence-corrected chi connectivity index (χ1v) is 9.63. The van der Waals surface area contributed by atoms with Gasteiger partial charge < -0.3 is 4.74 Å². The second-order valence-electron chi connectivity index (χ2n) is 5.53. The molecule has 1 aromatic heterocycles. The first kappa shape index (κ1) is 18.4. The second kappa shape index (κ2) is 8.78. The number of benzene rings is 2. The summed E-state index contributed by atoms with van der Waals surface area (Å²) in [7, 11) is 0. The first-order chi connectivity index (χ1) is 12.6. The van der Waals surface area contributed by atoms with E-state index < -0.39 is 6.10 Å². The van der Waals surface area contributed by atoms with E-state index in [1.165, 1.54) is 11.3 Å². The van der Waals surface area contributed by atoms with E-state index in [-0.39, 0.29) is 5.91 Å². The van der Waals surface area contributed by atoms with E-state index in [0.717, 1.165) is 19.8 Å². The van der Waals surface area contributed by atoms with Crippen molar-refractivity contribution in [1.82, 2.24) is 5.43 Å². The molecule has 0 spiro atoms. The van der Waals surface area contributed by atoms with Crippen molar-refractivity contribution in [3.63, 3.8) is 0 Å². The Morgan fingerprint density at radius 1 is 1.08 bits per heavy atom. The van der Waals surface area contributed by atoms with Crippen LogP contribution in [0, 0.1) is 0 Å². The summed E-state index contributed by atoms with van der Waals surface area (Å²) >= 11 is 4.92. The minimum atomic E-state index is -0.648. The van der Waals surface area contributed by atoms with Gasteiger partial charge in [0.15, 0.2) is 6.10 Å². The standard InChI is InChI=1S/C20H17BrN2O2S/c1-14(20(24)23-22-13-18-11-12-19(21)26-18)25-17-9-7-16(8-10-17)15-5-3-2-4-6-15/h2-14H,1H3,(H,23,24)/t14-/m1/s1. The molecule has 4 nitrogen and oxygen atoms in total. The molecule has 6 heteroatoms. The van der Waals surface area contributed by atoms with Gasteiger partial charge in [-0.1, -0.05) is 42.5 Å². The van der Waals surface area contributed by atoms with Crippen LogP contribution < -0.4 is 10.2 Å². The molecule has 0 aliphatic rings. The average Bonchev–Trinajstić information content (AvgIpc) is 3.08. The molecule has 1 N–H and O–H groups in total. The van der Waals surface area contributed by atoms with Crippen molar-refractivity contribution >= 4 is 39.4 Å². The molecule has 2 aromatic carbocycles. The monoisotopic (exact) mass is 428 g/mol. The van der Waals surface area contributed by atoms with Crippen LogP contribution in [0.15, 0.2) is 75.6 Å². The number of carbonyl (C=O) groups is 1. The summed E-state index contributed by atoms with van der Waals surface area (Å²) in [6, 6.07) is 21.6. The molecule has 3 rings (SSSR count). The zero-order valence-corrected chi connectivity index (χ0v) is 16.5. The van der Waals surface area contributed by atoms with Crippen LogP contribution >= 0.6 is 27.3 Å². The Kier molecular flexibility index (Phi) is 6.20. The molecule has 0 aliphatic heterocycles. The third kappa shape index (κ3) is 5.03. The Morgan fingerprint density at radius 2 is 1.77 bits per heavy atom. The summed E-state index contributed by atoms with van der Waals surface area (Å²) < 4.78 is 6.70.